The number of amidine groups is 1. The van der Waals surface area contributed by atoms with E-state index in [1.807, 2.05) is 24.9 Å². The molecule has 1 aromatic rings. The van der Waals surface area contributed by atoms with E-state index in [9.17, 15) is 4.39 Å². The molecule has 4 nitrogen and oxygen atoms in total. The molecule has 0 heterocycles. The number of hydrogen-bond donors (Lipinski definition) is 2. The molecule has 0 fully saturated rings. The lowest BCUT2D eigenvalue weighted by atomic mass is 10.1. The van der Waals surface area contributed by atoms with Crippen LogP contribution in [0.3, 0.4) is 0 Å². The van der Waals surface area contributed by atoms with Crippen molar-refractivity contribution in [3.63, 3.8) is 0 Å². The van der Waals surface area contributed by atoms with E-state index in [4.69, 9.17) is 10.9 Å². The van der Waals surface area contributed by atoms with Crippen molar-refractivity contribution in [2.75, 3.05) is 13.6 Å². The van der Waals surface area contributed by atoms with Gasteiger partial charge in [-0.3, -0.25) is 0 Å². The van der Waals surface area contributed by atoms with Crippen molar-refractivity contribution >= 4 is 5.84 Å². The zero-order valence-electron chi connectivity index (χ0n) is 10.1. The van der Waals surface area contributed by atoms with Gasteiger partial charge in [-0.25, -0.2) is 4.39 Å². The van der Waals surface area contributed by atoms with Crippen LogP contribution in [0, 0.1) is 11.7 Å². The third kappa shape index (κ3) is 4.40. The Morgan fingerprint density at radius 1 is 1.59 bits per heavy atom. The zero-order valence-corrected chi connectivity index (χ0v) is 10.1. The Hall–Kier alpha value is -1.62. The van der Waals surface area contributed by atoms with Crippen LogP contribution in [-0.2, 0) is 6.54 Å². The number of hydrogen-bond acceptors (Lipinski definition) is 3. The zero-order chi connectivity index (χ0) is 12.8. The van der Waals surface area contributed by atoms with E-state index in [1.54, 1.807) is 6.07 Å². The third-order valence-corrected chi connectivity index (χ3v) is 2.55. The fourth-order valence-electron chi connectivity index (χ4n) is 1.67. The molecule has 0 bridgehead atoms. The van der Waals surface area contributed by atoms with E-state index in [2.05, 4.69) is 5.16 Å². The number of benzene rings is 1. The molecule has 1 unspecified atom stereocenters. The van der Waals surface area contributed by atoms with Gasteiger partial charge >= 0.3 is 0 Å². The molecule has 0 amide bonds. The summed E-state index contributed by atoms with van der Waals surface area (Å²) in [7, 11) is 1.91. The van der Waals surface area contributed by atoms with Gasteiger partial charge in [-0.2, -0.15) is 0 Å². The molecule has 1 aromatic carbocycles. The van der Waals surface area contributed by atoms with Crippen LogP contribution in [0.2, 0.25) is 0 Å². The van der Waals surface area contributed by atoms with Crippen molar-refractivity contribution in [1.29, 1.82) is 0 Å². The van der Waals surface area contributed by atoms with Gasteiger partial charge in [-0.1, -0.05) is 24.2 Å². The summed E-state index contributed by atoms with van der Waals surface area (Å²) in [5.74, 6) is -0.0740. The molecule has 0 saturated heterocycles. The van der Waals surface area contributed by atoms with Gasteiger partial charge in [0, 0.05) is 19.0 Å². The smallest absolute Gasteiger partial charge is 0.143 e. The summed E-state index contributed by atoms with van der Waals surface area (Å²) in [6.45, 7) is 3.14. The highest BCUT2D eigenvalue weighted by atomic mass is 19.1. The average molecular weight is 239 g/mol. The van der Waals surface area contributed by atoms with Crippen molar-refractivity contribution in [2.45, 2.75) is 13.5 Å². The molecule has 0 radical (unpaired) electrons. The number of halogens is 1. The van der Waals surface area contributed by atoms with E-state index in [0.29, 0.717) is 13.1 Å². The summed E-state index contributed by atoms with van der Waals surface area (Å²) >= 11 is 0. The highest BCUT2D eigenvalue weighted by molar-refractivity contribution is 5.82. The van der Waals surface area contributed by atoms with Crippen LogP contribution in [0.4, 0.5) is 4.39 Å². The van der Waals surface area contributed by atoms with Crippen LogP contribution in [-0.4, -0.2) is 29.5 Å². The number of nitrogens with two attached hydrogens (primary N) is 1. The number of rotatable bonds is 5. The normalized spacial score (nSPS) is 14.0. The van der Waals surface area contributed by atoms with Gasteiger partial charge in [0.1, 0.15) is 11.7 Å². The molecule has 0 aliphatic carbocycles. The Balaban J connectivity index is 2.52. The first-order valence-electron chi connectivity index (χ1n) is 5.43. The molecule has 0 aromatic heterocycles. The second-order valence-corrected chi connectivity index (χ2v) is 4.25. The van der Waals surface area contributed by atoms with E-state index in [-0.39, 0.29) is 17.6 Å². The van der Waals surface area contributed by atoms with E-state index >= 15 is 0 Å². The Labute approximate surface area is 101 Å². The largest absolute Gasteiger partial charge is 0.409 e. The van der Waals surface area contributed by atoms with Gasteiger partial charge in [-0.15, -0.1) is 0 Å². The third-order valence-electron chi connectivity index (χ3n) is 2.55. The minimum atomic E-state index is -0.236. The van der Waals surface area contributed by atoms with Crippen LogP contribution in [0.25, 0.3) is 0 Å². The molecule has 1 rings (SSSR count). The van der Waals surface area contributed by atoms with Crippen molar-refractivity contribution < 1.29 is 9.60 Å². The quantitative estimate of drug-likeness (QED) is 0.355. The summed E-state index contributed by atoms with van der Waals surface area (Å²) < 4.78 is 13.0. The monoisotopic (exact) mass is 239 g/mol. The topological polar surface area (TPSA) is 61.8 Å². The molecular formula is C12H18FN3O. The predicted molar refractivity (Wildman–Crippen MR) is 65.3 cm³/mol. The number of oxime groups is 1. The fourth-order valence-corrected chi connectivity index (χ4v) is 1.67. The van der Waals surface area contributed by atoms with Crippen molar-refractivity contribution in [3.05, 3.63) is 35.6 Å². The first-order chi connectivity index (χ1) is 8.02. The van der Waals surface area contributed by atoms with Gasteiger partial charge in [0.05, 0.1) is 0 Å². The molecule has 0 aliphatic heterocycles. The molecule has 3 N–H and O–H groups in total. The Kier molecular flexibility index (Phi) is 4.90. The Morgan fingerprint density at radius 3 is 2.88 bits per heavy atom. The maximum Gasteiger partial charge on any atom is 0.143 e. The summed E-state index contributed by atoms with van der Waals surface area (Å²) in [4.78, 5) is 2.00. The molecular weight excluding hydrogens is 221 g/mol. The van der Waals surface area contributed by atoms with Crippen LogP contribution >= 0.6 is 0 Å². The standard InChI is InChI=1S/C12H18FN3O/c1-9(12(14)15-17)7-16(2)8-10-4-3-5-11(13)6-10/h3-6,9,17H,7-8H2,1-2H3,(H2,14,15). The highest BCUT2D eigenvalue weighted by Crippen LogP contribution is 2.08. The van der Waals surface area contributed by atoms with Crippen LogP contribution in [0.1, 0.15) is 12.5 Å². The average Bonchev–Trinajstić information content (AvgIpc) is 2.27. The van der Waals surface area contributed by atoms with Gasteiger partial charge in [0.2, 0.25) is 0 Å². The Morgan fingerprint density at radius 2 is 2.29 bits per heavy atom. The highest BCUT2D eigenvalue weighted by Gasteiger charge is 2.11. The minimum Gasteiger partial charge on any atom is -0.409 e. The lowest BCUT2D eigenvalue weighted by Crippen LogP contribution is -2.32. The summed E-state index contributed by atoms with van der Waals surface area (Å²) in [5.41, 5.74) is 6.40. The first kappa shape index (κ1) is 13.4. The SMILES string of the molecule is CC(CN(C)Cc1cccc(F)c1)/C(N)=N/O. The lowest BCUT2D eigenvalue weighted by Gasteiger charge is -2.20. The van der Waals surface area contributed by atoms with E-state index < -0.39 is 0 Å². The van der Waals surface area contributed by atoms with Crippen molar-refractivity contribution in [3.8, 4) is 0 Å². The molecule has 0 saturated carbocycles. The van der Waals surface area contributed by atoms with Crippen LogP contribution in [0.5, 0.6) is 0 Å². The predicted octanol–water partition coefficient (Wildman–Crippen LogP) is 1.64. The van der Waals surface area contributed by atoms with Gasteiger partial charge < -0.3 is 15.8 Å². The fraction of sp³-hybridized carbons (Fsp3) is 0.417. The minimum absolute atomic E-state index is 0.0430. The number of nitrogens with zero attached hydrogens (tertiary/aromatic N) is 2. The van der Waals surface area contributed by atoms with Crippen molar-refractivity contribution in [1.82, 2.24) is 4.90 Å². The maximum absolute atomic E-state index is 13.0. The van der Waals surface area contributed by atoms with E-state index in [0.717, 1.165) is 5.56 Å². The first-order valence-corrected chi connectivity index (χ1v) is 5.43. The van der Waals surface area contributed by atoms with E-state index in [1.165, 1.54) is 12.1 Å². The maximum atomic E-state index is 13.0. The molecule has 0 spiro atoms. The molecule has 0 aliphatic rings. The van der Waals surface area contributed by atoms with Crippen LogP contribution < -0.4 is 5.73 Å². The summed E-state index contributed by atoms with van der Waals surface area (Å²) in [6.07, 6.45) is 0. The molecule has 94 valence electrons. The Bertz CT molecular complexity index is 395. The molecule has 5 heteroatoms. The molecule has 17 heavy (non-hydrogen) atoms. The van der Waals surface area contributed by atoms with Crippen molar-refractivity contribution in [2.24, 2.45) is 16.8 Å². The van der Waals surface area contributed by atoms with Gasteiger partial charge in [0.25, 0.3) is 0 Å². The summed E-state index contributed by atoms with van der Waals surface area (Å²) in [6, 6.07) is 6.48. The molecule has 1 atom stereocenters. The lowest BCUT2D eigenvalue weighted by molar-refractivity contribution is 0.290. The second kappa shape index (κ2) is 6.20. The van der Waals surface area contributed by atoms with Crippen LogP contribution in [0.15, 0.2) is 29.4 Å². The second-order valence-electron chi connectivity index (χ2n) is 4.25. The summed E-state index contributed by atoms with van der Waals surface area (Å²) in [5, 5.41) is 11.5. The van der Waals surface area contributed by atoms with Gasteiger partial charge in [-0.05, 0) is 24.7 Å². The van der Waals surface area contributed by atoms with Gasteiger partial charge in [0.15, 0.2) is 0 Å².